The quantitative estimate of drug-likeness (QED) is 0.643. The van der Waals surface area contributed by atoms with E-state index < -0.39 is 0 Å². The third-order valence-electron chi connectivity index (χ3n) is 2.78. The Kier molecular flexibility index (Phi) is 6.76. The normalized spacial score (nSPS) is 10.6. The van der Waals surface area contributed by atoms with Crippen LogP contribution in [0, 0.1) is 0 Å². The molecule has 0 unspecified atom stereocenters. The van der Waals surface area contributed by atoms with E-state index in [9.17, 15) is 0 Å². The monoisotopic (exact) mass is 273 g/mol. The lowest BCUT2D eigenvalue weighted by Gasteiger charge is -2.25. The summed E-state index contributed by atoms with van der Waals surface area (Å²) in [6, 6.07) is 5.78. The summed E-state index contributed by atoms with van der Waals surface area (Å²) in [5.41, 5.74) is 1.14. The maximum absolute atomic E-state index is 6.05. The van der Waals surface area contributed by atoms with Gasteiger partial charge in [0, 0.05) is 28.8 Å². The molecule has 1 rings (SSSR count). The van der Waals surface area contributed by atoms with Gasteiger partial charge in [-0.2, -0.15) is 0 Å². The zero-order valence-corrected chi connectivity index (χ0v) is 12.2. The fraction of sp³-hybridized carbons (Fsp3) is 0.571. The summed E-state index contributed by atoms with van der Waals surface area (Å²) in [7, 11) is 0. The first kappa shape index (κ1) is 14.7. The second kappa shape index (κ2) is 7.84. The zero-order valence-electron chi connectivity index (χ0n) is 10.7. The van der Waals surface area contributed by atoms with E-state index in [1.807, 2.05) is 12.1 Å². The summed E-state index contributed by atoms with van der Waals surface area (Å²) in [4.78, 5) is 2.38. The van der Waals surface area contributed by atoms with Crippen molar-refractivity contribution in [3.63, 3.8) is 0 Å². The van der Waals surface area contributed by atoms with Crippen LogP contribution in [0.2, 0.25) is 10.0 Å². The number of unbranched alkanes of at least 4 members (excludes halogenated alkanes) is 2. The van der Waals surface area contributed by atoms with Crippen LogP contribution < -0.4 is 4.90 Å². The molecule has 0 aliphatic carbocycles. The van der Waals surface area contributed by atoms with Crippen LogP contribution in [-0.4, -0.2) is 13.1 Å². The molecule has 0 spiro atoms. The molecule has 96 valence electrons. The van der Waals surface area contributed by atoms with Crippen molar-refractivity contribution in [3.8, 4) is 0 Å². The third-order valence-corrected chi connectivity index (χ3v) is 3.21. The van der Waals surface area contributed by atoms with E-state index in [-0.39, 0.29) is 0 Å². The highest BCUT2D eigenvalue weighted by Crippen LogP contribution is 2.26. The van der Waals surface area contributed by atoms with Crippen LogP contribution in [0.4, 0.5) is 5.69 Å². The SMILES string of the molecule is CCCCN(CCCC)c1cc(Cl)cc(Cl)c1. The molecule has 0 amide bonds. The van der Waals surface area contributed by atoms with Gasteiger partial charge in [-0.1, -0.05) is 49.9 Å². The summed E-state index contributed by atoms with van der Waals surface area (Å²) in [6.45, 7) is 6.58. The van der Waals surface area contributed by atoms with Gasteiger partial charge in [0.1, 0.15) is 0 Å². The summed E-state index contributed by atoms with van der Waals surface area (Å²) >= 11 is 12.1. The summed E-state index contributed by atoms with van der Waals surface area (Å²) < 4.78 is 0. The molecule has 0 aliphatic heterocycles. The molecule has 0 saturated heterocycles. The minimum absolute atomic E-state index is 0.713. The highest BCUT2D eigenvalue weighted by Gasteiger charge is 2.07. The minimum atomic E-state index is 0.713. The van der Waals surface area contributed by atoms with Crippen LogP contribution in [-0.2, 0) is 0 Å². The number of nitrogens with zero attached hydrogens (tertiary/aromatic N) is 1. The van der Waals surface area contributed by atoms with Crippen molar-refractivity contribution >= 4 is 28.9 Å². The Hall–Kier alpha value is -0.400. The van der Waals surface area contributed by atoms with Crippen molar-refractivity contribution in [1.82, 2.24) is 0 Å². The van der Waals surface area contributed by atoms with Gasteiger partial charge in [-0.05, 0) is 31.0 Å². The largest absolute Gasteiger partial charge is 0.371 e. The summed E-state index contributed by atoms with van der Waals surface area (Å²) in [5, 5.41) is 1.43. The number of hydrogen-bond donors (Lipinski definition) is 0. The van der Waals surface area contributed by atoms with Crippen molar-refractivity contribution in [3.05, 3.63) is 28.2 Å². The van der Waals surface area contributed by atoms with E-state index in [0.29, 0.717) is 10.0 Å². The second-order valence-corrected chi connectivity index (χ2v) is 5.19. The van der Waals surface area contributed by atoms with Crippen molar-refractivity contribution in [2.75, 3.05) is 18.0 Å². The number of rotatable bonds is 7. The molecule has 1 nitrogen and oxygen atoms in total. The van der Waals surface area contributed by atoms with E-state index in [1.165, 1.54) is 25.7 Å². The van der Waals surface area contributed by atoms with Crippen molar-refractivity contribution in [2.45, 2.75) is 39.5 Å². The molecule has 0 radical (unpaired) electrons. The summed E-state index contributed by atoms with van der Waals surface area (Å²) in [5.74, 6) is 0. The lowest BCUT2D eigenvalue weighted by Crippen LogP contribution is -2.25. The molecule has 0 fully saturated rings. The minimum Gasteiger partial charge on any atom is -0.371 e. The van der Waals surface area contributed by atoms with Crippen LogP contribution in [0.5, 0.6) is 0 Å². The number of hydrogen-bond acceptors (Lipinski definition) is 1. The Balaban J connectivity index is 2.78. The van der Waals surface area contributed by atoms with E-state index >= 15 is 0 Å². The number of halogens is 2. The Bertz CT molecular complexity index is 311. The van der Waals surface area contributed by atoms with Crippen molar-refractivity contribution in [2.24, 2.45) is 0 Å². The standard InChI is InChI=1S/C14H21Cl2N/c1-3-5-7-17(8-6-4-2)14-10-12(15)9-13(16)11-14/h9-11H,3-8H2,1-2H3. The summed E-state index contributed by atoms with van der Waals surface area (Å²) in [6.07, 6.45) is 4.82. The Labute approximate surface area is 115 Å². The van der Waals surface area contributed by atoms with Gasteiger partial charge in [0.05, 0.1) is 0 Å². The molecule has 0 saturated carbocycles. The van der Waals surface area contributed by atoms with Gasteiger partial charge in [0.25, 0.3) is 0 Å². The molecule has 3 heteroatoms. The highest BCUT2D eigenvalue weighted by atomic mass is 35.5. The van der Waals surface area contributed by atoms with Gasteiger partial charge >= 0.3 is 0 Å². The van der Waals surface area contributed by atoms with Crippen LogP contribution in [0.3, 0.4) is 0 Å². The van der Waals surface area contributed by atoms with Gasteiger partial charge < -0.3 is 4.90 Å². The van der Waals surface area contributed by atoms with Crippen LogP contribution in [0.25, 0.3) is 0 Å². The van der Waals surface area contributed by atoms with Crippen molar-refractivity contribution in [1.29, 1.82) is 0 Å². The van der Waals surface area contributed by atoms with Gasteiger partial charge in [-0.3, -0.25) is 0 Å². The molecule has 0 aromatic heterocycles. The number of benzene rings is 1. The van der Waals surface area contributed by atoms with E-state index in [2.05, 4.69) is 18.7 Å². The first-order chi connectivity index (χ1) is 8.17. The average Bonchev–Trinajstić information content (AvgIpc) is 2.28. The molecule has 0 atom stereocenters. The average molecular weight is 274 g/mol. The third kappa shape index (κ3) is 5.18. The zero-order chi connectivity index (χ0) is 12.7. The fourth-order valence-electron chi connectivity index (χ4n) is 1.79. The molecule has 0 bridgehead atoms. The van der Waals surface area contributed by atoms with Gasteiger partial charge in [0.2, 0.25) is 0 Å². The second-order valence-electron chi connectivity index (χ2n) is 4.32. The lowest BCUT2D eigenvalue weighted by atomic mass is 10.2. The smallest absolute Gasteiger partial charge is 0.0441 e. The van der Waals surface area contributed by atoms with E-state index in [0.717, 1.165) is 18.8 Å². The van der Waals surface area contributed by atoms with E-state index in [1.54, 1.807) is 6.07 Å². The maximum atomic E-state index is 6.05. The molecule has 17 heavy (non-hydrogen) atoms. The molecule has 1 aromatic rings. The predicted molar refractivity (Wildman–Crippen MR) is 78.5 cm³/mol. The maximum Gasteiger partial charge on any atom is 0.0441 e. The Morgan fingerprint density at radius 1 is 0.882 bits per heavy atom. The van der Waals surface area contributed by atoms with Gasteiger partial charge in [0.15, 0.2) is 0 Å². The van der Waals surface area contributed by atoms with Crippen molar-refractivity contribution < 1.29 is 0 Å². The molecule has 0 N–H and O–H groups in total. The predicted octanol–water partition coefficient (Wildman–Crippen LogP) is 5.40. The number of anilines is 1. The molecule has 0 heterocycles. The van der Waals surface area contributed by atoms with Crippen LogP contribution in [0.15, 0.2) is 18.2 Å². The topological polar surface area (TPSA) is 3.24 Å². The Morgan fingerprint density at radius 3 is 1.76 bits per heavy atom. The van der Waals surface area contributed by atoms with Crippen LogP contribution >= 0.6 is 23.2 Å². The lowest BCUT2D eigenvalue weighted by molar-refractivity contribution is 0.678. The highest BCUT2D eigenvalue weighted by molar-refractivity contribution is 6.35. The molecule has 1 aromatic carbocycles. The van der Waals surface area contributed by atoms with Crippen LogP contribution in [0.1, 0.15) is 39.5 Å². The first-order valence-corrected chi connectivity index (χ1v) is 7.14. The van der Waals surface area contributed by atoms with Gasteiger partial charge in [-0.15, -0.1) is 0 Å². The molecular weight excluding hydrogens is 253 g/mol. The fourth-order valence-corrected chi connectivity index (χ4v) is 2.30. The Morgan fingerprint density at radius 2 is 1.35 bits per heavy atom. The van der Waals surface area contributed by atoms with Gasteiger partial charge in [-0.25, -0.2) is 0 Å². The molecule has 0 aliphatic rings. The molecular formula is C14H21Cl2N. The van der Waals surface area contributed by atoms with E-state index in [4.69, 9.17) is 23.2 Å². The first-order valence-electron chi connectivity index (χ1n) is 6.38.